The minimum atomic E-state index is -2.29. The van der Waals surface area contributed by atoms with Crippen molar-refractivity contribution in [2.24, 2.45) is 0 Å². The van der Waals surface area contributed by atoms with E-state index in [4.69, 9.17) is 0 Å². The molecule has 2 nitrogen and oxygen atoms in total. The molecule has 2 rings (SSSR count). The average molecular weight is 235 g/mol. The number of rotatable bonds is 2. The minimum Gasteiger partial charge on any atom is -0.768 e. The van der Waals surface area contributed by atoms with E-state index in [2.05, 4.69) is 0 Å². The normalized spacial score (nSPS) is 12.4. The molecule has 0 aromatic heterocycles. The van der Waals surface area contributed by atoms with Gasteiger partial charge in [-0.3, -0.25) is 4.21 Å². The summed E-state index contributed by atoms with van der Waals surface area (Å²) < 4.78 is 34.7. The van der Waals surface area contributed by atoms with Gasteiger partial charge in [-0.1, -0.05) is 30.3 Å². The van der Waals surface area contributed by atoms with Crippen LogP contribution in [0.2, 0.25) is 0 Å². The lowest BCUT2D eigenvalue weighted by Crippen LogP contribution is -1.92. The zero-order valence-electron chi connectivity index (χ0n) is 8.22. The summed E-state index contributed by atoms with van der Waals surface area (Å²) in [5, 5.41) is 0. The summed E-state index contributed by atoms with van der Waals surface area (Å²) in [6.45, 7) is 0. The van der Waals surface area contributed by atoms with Crippen molar-refractivity contribution < 1.29 is 13.2 Å². The van der Waals surface area contributed by atoms with Gasteiger partial charge in [0, 0.05) is 4.90 Å². The van der Waals surface area contributed by atoms with Gasteiger partial charge in [0.05, 0.1) is 0 Å². The van der Waals surface area contributed by atoms with E-state index < -0.39 is 11.1 Å². The SMILES string of the molecule is O=S([O-])c1ccccc1-c1ccc(F)cc1. The van der Waals surface area contributed by atoms with Crippen LogP contribution in [-0.4, -0.2) is 8.76 Å². The van der Waals surface area contributed by atoms with Crippen LogP contribution in [0.1, 0.15) is 0 Å². The van der Waals surface area contributed by atoms with Gasteiger partial charge in [0.25, 0.3) is 0 Å². The predicted molar refractivity (Wildman–Crippen MR) is 59.0 cm³/mol. The van der Waals surface area contributed by atoms with Crippen LogP contribution < -0.4 is 0 Å². The van der Waals surface area contributed by atoms with Crippen LogP contribution in [0.15, 0.2) is 53.4 Å². The highest BCUT2D eigenvalue weighted by Crippen LogP contribution is 2.25. The Morgan fingerprint density at radius 2 is 1.62 bits per heavy atom. The third kappa shape index (κ3) is 2.18. The number of hydrogen-bond donors (Lipinski definition) is 0. The molecule has 0 aliphatic heterocycles. The minimum absolute atomic E-state index is 0.217. The largest absolute Gasteiger partial charge is 0.768 e. The molecule has 0 saturated carbocycles. The van der Waals surface area contributed by atoms with Crippen molar-refractivity contribution in [2.75, 3.05) is 0 Å². The second kappa shape index (κ2) is 4.55. The molecular formula is C12H8FO2S-. The molecule has 0 amide bonds. The fourth-order valence-electron chi connectivity index (χ4n) is 1.48. The van der Waals surface area contributed by atoms with Gasteiger partial charge in [0.15, 0.2) is 0 Å². The highest BCUT2D eigenvalue weighted by Gasteiger charge is 2.04. The maximum absolute atomic E-state index is 12.7. The van der Waals surface area contributed by atoms with Crippen molar-refractivity contribution in [3.05, 3.63) is 54.3 Å². The maximum atomic E-state index is 12.7. The van der Waals surface area contributed by atoms with Gasteiger partial charge in [0.1, 0.15) is 5.82 Å². The topological polar surface area (TPSA) is 40.1 Å². The fourth-order valence-corrected chi connectivity index (χ4v) is 2.04. The molecule has 0 aliphatic rings. The lowest BCUT2D eigenvalue weighted by atomic mass is 10.1. The summed E-state index contributed by atoms with van der Waals surface area (Å²) in [6, 6.07) is 12.3. The van der Waals surface area contributed by atoms with Crippen LogP contribution in [-0.2, 0) is 11.1 Å². The summed E-state index contributed by atoms with van der Waals surface area (Å²) in [6.07, 6.45) is 0. The number of benzene rings is 2. The summed E-state index contributed by atoms with van der Waals surface area (Å²) in [4.78, 5) is 0.217. The fraction of sp³-hybridized carbons (Fsp3) is 0. The summed E-state index contributed by atoms with van der Waals surface area (Å²) in [7, 11) is 0. The first kappa shape index (κ1) is 11.0. The Labute approximate surface area is 95.0 Å². The van der Waals surface area contributed by atoms with Crippen LogP contribution in [0.4, 0.5) is 4.39 Å². The van der Waals surface area contributed by atoms with Gasteiger partial charge in [-0.15, -0.1) is 0 Å². The molecule has 0 fully saturated rings. The van der Waals surface area contributed by atoms with E-state index >= 15 is 0 Å². The highest BCUT2D eigenvalue weighted by atomic mass is 32.2. The summed E-state index contributed by atoms with van der Waals surface area (Å²) in [5.74, 6) is -0.343. The Morgan fingerprint density at radius 1 is 1.00 bits per heavy atom. The van der Waals surface area contributed by atoms with E-state index in [0.717, 1.165) is 0 Å². The molecule has 1 atom stereocenters. The van der Waals surface area contributed by atoms with Crippen molar-refractivity contribution in [3.8, 4) is 11.1 Å². The molecular weight excluding hydrogens is 227 g/mol. The van der Waals surface area contributed by atoms with Crippen LogP contribution >= 0.6 is 0 Å². The van der Waals surface area contributed by atoms with E-state index in [1.54, 1.807) is 30.3 Å². The molecule has 2 aromatic carbocycles. The van der Waals surface area contributed by atoms with E-state index in [1.165, 1.54) is 18.2 Å². The Balaban J connectivity index is 2.55. The van der Waals surface area contributed by atoms with Gasteiger partial charge in [-0.05, 0) is 40.4 Å². The quantitative estimate of drug-likeness (QED) is 0.751. The Bertz CT molecular complexity index is 523. The number of hydrogen-bond acceptors (Lipinski definition) is 2. The molecule has 0 aliphatic carbocycles. The van der Waals surface area contributed by atoms with Gasteiger partial charge < -0.3 is 4.55 Å². The Morgan fingerprint density at radius 3 is 2.25 bits per heavy atom. The molecule has 0 N–H and O–H groups in total. The predicted octanol–water partition coefficient (Wildman–Crippen LogP) is 2.73. The van der Waals surface area contributed by atoms with E-state index in [9.17, 15) is 13.2 Å². The molecule has 0 radical (unpaired) electrons. The Kier molecular flexibility index (Phi) is 3.12. The van der Waals surface area contributed by atoms with Crippen LogP contribution in [0.3, 0.4) is 0 Å². The molecule has 4 heteroatoms. The zero-order chi connectivity index (χ0) is 11.5. The third-order valence-electron chi connectivity index (χ3n) is 2.22. The maximum Gasteiger partial charge on any atom is 0.123 e. The standard InChI is InChI=1S/C12H9FO2S/c13-10-7-5-9(6-8-10)11-3-1-2-4-12(11)16(14)15/h1-8H,(H,14,15)/p-1. The lowest BCUT2D eigenvalue weighted by Gasteiger charge is -2.11. The van der Waals surface area contributed by atoms with E-state index in [1.807, 2.05) is 0 Å². The molecule has 1 unspecified atom stereocenters. The first-order valence-electron chi connectivity index (χ1n) is 4.63. The number of halogens is 1. The van der Waals surface area contributed by atoms with Crippen LogP contribution in [0, 0.1) is 5.82 Å². The molecule has 16 heavy (non-hydrogen) atoms. The van der Waals surface area contributed by atoms with Crippen LogP contribution in [0.25, 0.3) is 11.1 Å². The molecule has 0 saturated heterocycles. The first-order chi connectivity index (χ1) is 7.68. The van der Waals surface area contributed by atoms with Crippen molar-refractivity contribution >= 4 is 11.1 Å². The Hall–Kier alpha value is -1.52. The molecule has 82 valence electrons. The summed E-state index contributed by atoms with van der Waals surface area (Å²) >= 11 is -2.29. The monoisotopic (exact) mass is 235 g/mol. The second-order valence-electron chi connectivity index (χ2n) is 3.24. The molecule has 2 aromatic rings. The molecule has 0 spiro atoms. The van der Waals surface area contributed by atoms with Gasteiger partial charge in [-0.25, -0.2) is 4.39 Å². The van der Waals surface area contributed by atoms with Crippen molar-refractivity contribution in [1.29, 1.82) is 0 Å². The lowest BCUT2D eigenvalue weighted by molar-refractivity contribution is 0.537. The smallest absolute Gasteiger partial charge is 0.123 e. The molecule has 0 heterocycles. The van der Waals surface area contributed by atoms with Gasteiger partial charge in [-0.2, -0.15) is 0 Å². The van der Waals surface area contributed by atoms with Crippen molar-refractivity contribution in [3.63, 3.8) is 0 Å². The third-order valence-corrected chi connectivity index (χ3v) is 2.94. The van der Waals surface area contributed by atoms with Gasteiger partial charge >= 0.3 is 0 Å². The highest BCUT2D eigenvalue weighted by molar-refractivity contribution is 7.79. The van der Waals surface area contributed by atoms with Crippen molar-refractivity contribution in [1.82, 2.24) is 0 Å². The van der Waals surface area contributed by atoms with E-state index in [0.29, 0.717) is 11.1 Å². The molecule has 0 bridgehead atoms. The summed E-state index contributed by atoms with van der Waals surface area (Å²) in [5.41, 5.74) is 1.26. The van der Waals surface area contributed by atoms with E-state index in [-0.39, 0.29) is 10.7 Å². The van der Waals surface area contributed by atoms with Gasteiger partial charge in [0.2, 0.25) is 0 Å². The average Bonchev–Trinajstić information content (AvgIpc) is 2.30. The zero-order valence-corrected chi connectivity index (χ0v) is 9.04. The van der Waals surface area contributed by atoms with Crippen LogP contribution in [0.5, 0.6) is 0 Å². The first-order valence-corrected chi connectivity index (χ1v) is 5.70. The second-order valence-corrected chi connectivity index (χ2v) is 4.15. The van der Waals surface area contributed by atoms with Crippen molar-refractivity contribution in [2.45, 2.75) is 4.90 Å².